The number of nitrogens with two attached hydrogens (primary N) is 1. The zero-order chi connectivity index (χ0) is 21.2. The molecule has 3 aliphatic heterocycles. The zero-order valence-corrected chi connectivity index (χ0v) is 16.7. The van der Waals surface area contributed by atoms with E-state index in [4.69, 9.17) is 26.8 Å². The number of nitrogens with zero attached hydrogens (tertiary/aromatic N) is 2. The van der Waals surface area contributed by atoms with Gasteiger partial charge in [-0.25, -0.2) is 13.8 Å². The molecule has 3 aliphatic rings. The van der Waals surface area contributed by atoms with Gasteiger partial charge in [0.1, 0.15) is 23.5 Å². The molecule has 0 radical (unpaired) electrons. The quantitative estimate of drug-likeness (QED) is 0.749. The molecular weight excluding hydrogens is 416 g/mol. The lowest BCUT2D eigenvalue weighted by molar-refractivity contribution is -0.141. The minimum Gasteiger partial charge on any atom is -0.489 e. The van der Waals surface area contributed by atoms with E-state index in [1.54, 1.807) is 7.05 Å². The van der Waals surface area contributed by atoms with E-state index in [0.29, 0.717) is 18.6 Å². The van der Waals surface area contributed by atoms with Crippen molar-refractivity contribution >= 4 is 23.5 Å². The van der Waals surface area contributed by atoms with Crippen molar-refractivity contribution in [3.8, 4) is 16.9 Å². The average Bonchev–Trinajstić information content (AvgIpc) is 2.92. The van der Waals surface area contributed by atoms with Crippen molar-refractivity contribution in [2.75, 3.05) is 20.3 Å². The first-order valence-corrected chi connectivity index (χ1v) is 9.87. The van der Waals surface area contributed by atoms with Crippen molar-refractivity contribution in [3.63, 3.8) is 0 Å². The minimum atomic E-state index is -1.39. The summed E-state index contributed by atoms with van der Waals surface area (Å²) in [6, 6.07) is 6.47. The van der Waals surface area contributed by atoms with Crippen LogP contribution in [0.2, 0.25) is 5.02 Å². The van der Waals surface area contributed by atoms with Crippen molar-refractivity contribution in [2.45, 2.75) is 18.1 Å². The third-order valence-corrected chi connectivity index (χ3v) is 6.24. The van der Waals surface area contributed by atoms with Crippen LogP contribution < -0.4 is 10.5 Å². The smallest absolute Gasteiger partial charge is 0.262 e. The van der Waals surface area contributed by atoms with Crippen molar-refractivity contribution in [2.24, 2.45) is 16.6 Å². The molecular formula is C21H18ClF2N3O3. The predicted octanol–water partition coefficient (Wildman–Crippen LogP) is 3.06. The molecule has 2 aromatic carbocycles. The van der Waals surface area contributed by atoms with Gasteiger partial charge >= 0.3 is 0 Å². The lowest BCUT2D eigenvalue weighted by Crippen LogP contribution is -2.56. The van der Waals surface area contributed by atoms with Gasteiger partial charge in [0, 0.05) is 35.7 Å². The highest BCUT2D eigenvalue weighted by Gasteiger charge is 2.60. The van der Waals surface area contributed by atoms with Gasteiger partial charge in [0.25, 0.3) is 5.91 Å². The molecule has 1 amide bonds. The lowest BCUT2D eigenvalue weighted by atomic mass is 9.71. The Balaban J connectivity index is 1.76. The molecule has 5 rings (SSSR count). The number of fused-ring (bicyclic) bond motifs is 4. The zero-order valence-electron chi connectivity index (χ0n) is 16.0. The summed E-state index contributed by atoms with van der Waals surface area (Å²) < 4.78 is 40.7. The second kappa shape index (κ2) is 6.65. The molecule has 1 spiro atoms. The topological polar surface area (TPSA) is 77.2 Å². The van der Waals surface area contributed by atoms with E-state index in [2.05, 4.69) is 4.99 Å². The fourth-order valence-electron chi connectivity index (χ4n) is 4.57. The number of hydrogen-bond donors (Lipinski definition) is 1. The molecule has 0 saturated carbocycles. The first kappa shape index (κ1) is 19.3. The number of benzene rings is 2. The Bertz CT molecular complexity index is 1090. The molecule has 3 atom stereocenters. The number of aliphatic imine (C=N–C) groups is 1. The number of hydrogen-bond acceptors (Lipinski definition) is 5. The maximum absolute atomic E-state index is 15.1. The van der Waals surface area contributed by atoms with Crippen LogP contribution in [0.4, 0.5) is 8.78 Å². The summed E-state index contributed by atoms with van der Waals surface area (Å²) in [5.74, 6) is -1.69. The number of amides is 1. The largest absolute Gasteiger partial charge is 0.489 e. The van der Waals surface area contributed by atoms with Crippen molar-refractivity contribution in [3.05, 3.63) is 52.6 Å². The van der Waals surface area contributed by atoms with Gasteiger partial charge < -0.3 is 15.2 Å². The first-order valence-electron chi connectivity index (χ1n) is 9.49. The van der Waals surface area contributed by atoms with Gasteiger partial charge in [-0.2, -0.15) is 0 Å². The second-order valence-electron chi connectivity index (χ2n) is 7.71. The van der Waals surface area contributed by atoms with E-state index in [0.717, 1.165) is 6.07 Å². The number of ether oxygens (including phenoxy) is 2. The van der Waals surface area contributed by atoms with Gasteiger partial charge in [-0.1, -0.05) is 11.6 Å². The standard InChI is InChI=1S/C21H18ClF2N3O3/c1-27-19(28)21(26-20(27)25)14-7-13(10-4-11(22)6-12(23)5-10)16(24)8-18(14)30-17-2-3-29-9-15(17)21/h4-8,15,17H,2-3,9H2,1H3,(H2,25,26)/t15-,17-,21-/m0/s1. The van der Waals surface area contributed by atoms with Crippen LogP contribution in [-0.4, -0.2) is 43.1 Å². The van der Waals surface area contributed by atoms with Gasteiger partial charge in [-0.3, -0.25) is 9.69 Å². The molecule has 3 heterocycles. The summed E-state index contributed by atoms with van der Waals surface area (Å²) in [6.07, 6.45) is 0.174. The Hall–Kier alpha value is -2.71. The van der Waals surface area contributed by atoms with Crippen molar-refractivity contribution in [1.82, 2.24) is 4.90 Å². The van der Waals surface area contributed by atoms with Crippen LogP contribution in [0, 0.1) is 17.6 Å². The lowest BCUT2D eigenvalue weighted by Gasteiger charge is -2.45. The van der Waals surface area contributed by atoms with Gasteiger partial charge in [0.2, 0.25) is 0 Å². The van der Waals surface area contributed by atoms with Crippen molar-refractivity contribution in [1.29, 1.82) is 0 Å². The Kier molecular flexibility index (Phi) is 4.27. The van der Waals surface area contributed by atoms with E-state index in [-0.39, 0.29) is 46.5 Å². The molecule has 2 N–H and O–H groups in total. The predicted molar refractivity (Wildman–Crippen MR) is 106 cm³/mol. The molecule has 1 saturated heterocycles. The molecule has 0 aromatic heterocycles. The number of carbonyl (C=O) groups excluding carboxylic acids is 1. The van der Waals surface area contributed by atoms with Crippen LogP contribution in [0.5, 0.6) is 5.75 Å². The normalized spacial score (nSPS) is 27.5. The first-order chi connectivity index (χ1) is 14.3. The summed E-state index contributed by atoms with van der Waals surface area (Å²) in [5, 5.41) is 0.132. The molecule has 0 bridgehead atoms. The van der Waals surface area contributed by atoms with E-state index in [1.807, 2.05) is 0 Å². The highest BCUT2D eigenvalue weighted by molar-refractivity contribution is 6.30. The van der Waals surface area contributed by atoms with Gasteiger partial charge in [-0.05, 0) is 29.8 Å². The summed E-state index contributed by atoms with van der Waals surface area (Å²) in [4.78, 5) is 19.2. The highest BCUT2D eigenvalue weighted by Crippen LogP contribution is 2.52. The third kappa shape index (κ3) is 2.63. The molecule has 2 aromatic rings. The highest BCUT2D eigenvalue weighted by atomic mass is 35.5. The van der Waals surface area contributed by atoms with Crippen LogP contribution in [0.25, 0.3) is 11.1 Å². The molecule has 6 nitrogen and oxygen atoms in total. The maximum atomic E-state index is 15.1. The molecule has 156 valence electrons. The SMILES string of the molecule is CN1C(=O)[C@]2(N=C1N)c1cc(-c3cc(F)cc(Cl)c3)c(F)cc1O[C@H]1CCOC[C@@H]12. The van der Waals surface area contributed by atoms with Crippen LogP contribution in [-0.2, 0) is 15.1 Å². The Labute approximate surface area is 176 Å². The number of likely N-dealkylation sites (N-methyl/N-ethyl adjacent to an activating group) is 1. The average molecular weight is 434 g/mol. The summed E-state index contributed by atoms with van der Waals surface area (Å²) in [7, 11) is 1.54. The number of rotatable bonds is 1. The Morgan fingerprint density at radius 1 is 1.27 bits per heavy atom. The fraction of sp³-hybridized carbons (Fsp3) is 0.333. The van der Waals surface area contributed by atoms with Gasteiger partial charge in [-0.15, -0.1) is 0 Å². The second-order valence-corrected chi connectivity index (χ2v) is 8.15. The molecule has 9 heteroatoms. The van der Waals surface area contributed by atoms with Crippen LogP contribution >= 0.6 is 11.6 Å². The Morgan fingerprint density at radius 3 is 2.77 bits per heavy atom. The van der Waals surface area contributed by atoms with Crippen LogP contribution in [0.1, 0.15) is 12.0 Å². The molecule has 0 aliphatic carbocycles. The summed E-state index contributed by atoms with van der Waals surface area (Å²) in [5.41, 5.74) is 5.32. The molecule has 1 fully saturated rings. The van der Waals surface area contributed by atoms with E-state index < -0.39 is 23.1 Å². The minimum absolute atomic E-state index is 0.0665. The summed E-state index contributed by atoms with van der Waals surface area (Å²) in [6.45, 7) is 0.719. The number of guanidine groups is 1. The Morgan fingerprint density at radius 2 is 2.07 bits per heavy atom. The van der Waals surface area contributed by atoms with E-state index >= 15 is 4.39 Å². The maximum Gasteiger partial charge on any atom is 0.262 e. The summed E-state index contributed by atoms with van der Waals surface area (Å²) >= 11 is 5.97. The molecule has 30 heavy (non-hydrogen) atoms. The number of carbonyl (C=O) groups is 1. The molecule has 0 unspecified atom stereocenters. The van der Waals surface area contributed by atoms with E-state index in [9.17, 15) is 9.18 Å². The number of halogens is 3. The van der Waals surface area contributed by atoms with Crippen molar-refractivity contribution < 1.29 is 23.0 Å². The van der Waals surface area contributed by atoms with Crippen LogP contribution in [0.3, 0.4) is 0 Å². The fourth-order valence-corrected chi connectivity index (χ4v) is 4.79. The van der Waals surface area contributed by atoms with Gasteiger partial charge in [0.05, 0.1) is 19.1 Å². The van der Waals surface area contributed by atoms with E-state index in [1.165, 1.54) is 29.2 Å². The van der Waals surface area contributed by atoms with Crippen LogP contribution in [0.15, 0.2) is 35.3 Å². The third-order valence-electron chi connectivity index (χ3n) is 6.03. The monoisotopic (exact) mass is 433 g/mol. The van der Waals surface area contributed by atoms with Gasteiger partial charge in [0.15, 0.2) is 11.5 Å².